The van der Waals surface area contributed by atoms with Crippen molar-refractivity contribution in [3.63, 3.8) is 0 Å². The number of carbonyl (C=O) groups is 1. The lowest BCUT2D eigenvalue weighted by atomic mass is 10.1. The number of hydrogen-bond acceptors (Lipinski definition) is 3. The van der Waals surface area contributed by atoms with Gasteiger partial charge in [-0.3, -0.25) is 10.0 Å². The van der Waals surface area contributed by atoms with E-state index in [4.69, 9.17) is 5.21 Å². The number of thioether (sulfide) groups is 1. The molecule has 0 spiro atoms. The zero-order valence-corrected chi connectivity index (χ0v) is 12.3. The number of amides is 1. The van der Waals surface area contributed by atoms with Gasteiger partial charge < -0.3 is 0 Å². The monoisotopic (exact) mass is 287 g/mol. The zero-order valence-electron chi connectivity index (χ0n) is 11.5. The first-order chi connectivity index (χ1) is 9.60. The van der Waals surface area contributed by atoms with E-state index in [0.29, 0.717) is 0 Å². The molecular weight excluding hydrogens is 270 g/mol. The highest BCUT2D eigenvalue weighted by Crippen LogP contribution is 2.36. The fraction of sp³-hybridized carbons (Fsp3) is 0.188. The van der Waals surface area contributed by atoms with Crippen molar-refractivity contribution in [3.05, 3.63) is 65.2 Å². The van der Waals surface area contributed by atoms with Crippen LogP contribution in [0, 0.1) is 13.8 Å². The van der Waals surface area contributed by atoms with E-state index in [1.165, 1.54) is 11.8 Å². The molecule has 20 heavy (non-hydrogen) atoms. The second-order valence-corrected chi connectivity index (χ2v) is 5.89. The predicted octanol–water partition coefficient (Wildman–Crippen LogP) is 3.64. The van der Waals surface area contributed by atoms with Crippen LogP contribution in [0.5, 0.6) is 0 Å². The fourth-order valence-electron chi connectivity index (χ4n) is 2.10. The van der Waals surface area contributed by atoms with Gasteiger partial charge in [-0.25, -0.2) is 5.48 Å². The lowest BCUT2D eigenvalue weighted by molar-refractivity contribution is -0.128. The molecule has 0 aliphatic carbocycles. The van der Waals surface area contributed by atoms with Crippen molar-refractivity contribution in [2.24, 2.45) is 0 Å². The SMILES string of the molecule is Cc1cc(C)cc(SC(C(=O)NO)c2ccccc2)c1. The highest BCUT2D eigenvalue weighted by Gasteiger charge is 2.21. The summed E-state index contributed by atoms with van der Waals surface area (Å²) in [6.45, 7) is 4.06. The third-order valence-electron chi connectivity index (χ3n) is 2.90. The molecule has 0 aliphatic rings. The van der Waals surface area contributed by atoms with Crippen molar-refractivity contribution in [2.75, 3.05) is 0 Å². The Hall–Kier alpha value is -1.78. The van der Waals surface area contributed by atoms with Crippen LogP contribution in [0.3, 0.4) is 0 Å². The Morgan fingerprint density at radius 1 is 1.10 bits per heavy atom. The molecule has 2 N–H and O–H groups in total. The summed E-state index contributed by atoms with van der Waals surface area (Å²) in [4.78, 5) is 12.9. The van der Waals surface area contributed by atoms with E-state index in [-0.39, 0.29) is 0 Å². The number of hydrogen-bond donors (Lipinski definition) is 2. The second-order valence-electron chi connectivity index (χ2n) is 4.71. The maximum Gasteiger partial charge on any atom is 0.261 e. The maximum absolute atomic E-state index is 11.9. The van der Waals surface area contributed by atoms with Crippen molar-refractivity contribution in [2.45, 2.75) is 24.0 Å². The van der Waals surface area contributed by atoms with E-state index in [1.807, 2.05) is 56.3 Å². The van der Waals surface area contributed by atoms with Gasteiger partial charge in [0.05, 0.1) is 0 Å². The minimum atomic E-state index is -0.470. The number of hydroxylamine groups is 1. The van der Waals surface area contributed by atoms with Gasteiger partial charge in [0.25, 0.3) is 5.91 Å². The molecule has 1 amide bonds. The van der Waals surface area contributed by atoms with Crippen molar-refractivity contribution < 1.29 is 10.0 Å². The van der Waals surface area contributed by atoms with Gasteiger partial charge in [-0.1, -0.05) is 36.4 Å². The van der Waals surface area contributed by atoms with Gasteiger partial charge in [0.15, 0.2) is 0 Å². The van der Waals surface area contributed by atoms with Crippen LogP contribution in [0.2, 0.25) is 0 Å². The summed E-state index contributed by atoms with van der Waals surface area (Å²) in [5.74, 6) is -0.416. The lowest BCUT2D eigenvalue weighted by Gasteiger charge is -2.15. The molecule has 104 valence electrons. The Morgan fingerprint density at radius 2 is 1.70 bits per heavy atom. The zero-order chi connectivity index (χ0) is 14.5. The topological polar surface area (TPSA) is 49.3 Å². The Kier molecular flexibility index (Phi) is 4.82. The second kappa shape index (κ2) is 6.59. The van der Waals surface area contributed by atoms with Crippen LogP contribution in [-0.2, 0) is 4.79 Å². The molecule has 0 heterocycles. The molecule has 3 nitrogen and oxygen atoms in total. The minimum absolute atomic E-state index is 0.416. The van der Waals surface area contributed by atoms with Crippen LogP contribution in [-0.4, -0.2) is 11.1 Å². The Labute approximate surface area is 123 Å². The summed E-state index contributed by atoms with van der Waals surface area (Å²) < 4.78 is 0. The molecule has 0 bridgehead atoms. The number of carbonyl (C=O) groups excluding carboxylic acids is 1. The molecule has 0 saturated heterocycles. The molecule has 2 aromatic rings. The van der Waals surface area contributed by atoms with Crippen molar-refractivity contribution in [1.29, 1.82) is 0 Å². The molecule has 0 fully saturated rings. The van der Waals surface area contributed by atoms with Crippen molar-refractivity contribution >= 4 is 17.7 Å². The van der Waals surface area contributed by atoms with Crippen LogP contribution in [0.15, 0.2) is 53.4 Å². The van der Waals surface area contributed by atoms with Crippen LogP contribution in [0.25, 0.3) is 0 Å². The molecule has 0 radical (unpaired) electrons. The molecule has 2 rings (SSSR count). The van der Waals surface area contributed by atoms with Gasteiger partial charge in [0.1, 0.15) is 5.25 Å². The van der Waals surface area contributed by atoms with Gasteiger partial charge in [-0.2, -0.15) is 0 Å². The summed E-state index contributed by atoms with van der Waals surface area (Å²) in [6.07, 6.45) is 0. The average molecular weight is 287 g/mol. The van der Waals surface area contributed by atoms with Crippen LogP contribution in [0.4, 0.5) is 0 Å². The number of nitrogens with one attached hydrogen (secondary N) is 1. The third-order valence-corrected chi connectivity index (χ3v) is 4.13. The first-order valence-corrected chi connectivity index (χ1v) is 7.22. The lowest BCUT2D eigenvalue weighted by Crippen LogP contribution is -2.24. The standard InChI is InChI=1S/C16H17NO2S/c1-11-8-12(2)10-14(9-11)20-15(16(18)17-19)13-6-4-3-5-7-13/h3-10,15,19H,1-2H3,(H,17,18). The van der Waals surface area contributed by atoms with Crippen LogP contribution >= 0.6 is 11.8 Å². The molecule has 0 aromatic heterocycles. The van der Waals surface area contributed by atoms with Gasteiger partial charge in [-0.15, -0.1) is 11.8 Å². The van der Waals surface area contributed by atoms with E-state index in [0.717, 1.165) is 21.6 Å². The highest BCUT2D eigenvalue weighted by molar-refractivity contribution is 8.00. The van der Waals surface area contributed by atoms with Crippen molar-refractivity contribution in [3.8, 4) is 0 Å². The fourth-order valence-corrected chi connectivity index (χ4v) is 3.33. The van der Waals surface area contributed by atoms with Gasteiger partial charge in [0.2, 0.25) is 0 Å². The number of benzene rings is 2. The molecule has 1 unspecified atom stereocenters. The summed E-state index contributed by atoms with van der Waals surface area (Å²) in [5, 5.41) is 8.47. The summed E-state index contributed by atoms with van der Waals surface area (Å²) in [6, 6.07) is 15.6. The van der Waals surface area contributed by atoms with E-state index < -0.39 is 11.2 Å². The number of rotatable bonds is 4. The third kappa shape index (κ3) is 3.62. The Morgan fingerprint density at radius 3 is 2.25 bits per heavy atom. The first-order valence-electron chi connectivity index (χ1n) is 6.34. The molecule has 2 aromatic carbocycles. The van der Waals surface area contributed by atoms with Gasteiger partial charge in [0, 0.05) is 4.90 Å². The summed E-state index contributed by atoms with van der Waals surface area (Å²) in [7, 11) is 0. The summed E-state index contributed by atoms with van der Waals surface area (Å²) in [5.41, 5.74) is 4.93. The quantitative estimate of drug-likeness (QED) is 0.513. The molecule has 1 atom stereocenters. The van der Waals surface area contributed by atoms with E-state index in [2.05, 4.69) is 6.07 Å². The van der Waals surface area contributed by atoms with Gasteiger partial charge in [-0.05, 0) is 42.7 Å². The minimum Gasteiger partial charge on any atom is -0.289 e. The van der Waals surface area contributed by atoms with Gasteiger partial charge >= 0.3 is 0 Å². The average Bonchev–Trinajstić information content (AvgIpc) is 2.44. The number of aryl methyl sites for hydroxylation is 2. The van der Waals surface area contributed by atoms with Crippen LogP contribution in [0.1, 0.15) is 21.9 Å². The normalized spacial score (nSPS) is 11.9. The van der Waals surface area contributed by atoms with Crippen LogP contribution < -0.4 is 5.48 Å². The first kappa shape index (κ1) is 14.6. The molecule has 0 saturated carbocycles. The molecule has 0 aliphatic heterocycles. The largest absolute Gasteiger partial charge is 0.289 e. The summed E-state index contributed by atoms with van der Waals surface area (Å²) >= 11 is 1.43. The molecular formula is C16H17NO2S. The van der Waals surface area contributed by atoms with E-state index in [9.17, 15) is 4.79 Å². The van der Waals surface area contributed by atoms with E-state index >= 15 is 0 Å². The highest BCUT2D eigenvalue weighted by atomic mass is 32.2. The Bertz CT molecular complexity index is 578. The Balaban J connectivity index is 2.31. The predicted molar refractivity (Wildman–Crippen MR) is 80.9 cm³/mol. The smallest absolute Gasteiger partial charge is 0.261 e. The molecule has 4 heteroatoms. The van der Waals surface area contributed by atoms with Crippen molar-refractivity contribution in [1.82, 2.24) is 5.48 Å². The maximum atomic E-state index is 11.9. The van der Waals surface area contributed by atoms with E-state index in [1.54, 1.807) is 5.48 Å².